The van der Waals surface area contributed by atoms with E-state index in [1.165, 1.54) is 18.4 Å². The van der Waals surface area contributed by atoms with Crippen molar-refractivity contribution in [1.82, 2.24) is 10.2 Å². The van der Waals surface area contributed by atoms with E-state index in [9.17, 15) is 0 Å². The fourth-order valence-electron chi connectivity index (χ4n) is 2.36. The van der Waals surface area contributed by atoms with Gasteiger partial charge in [-0.2, -0.15) is 0 Å². The quantitative estimate of drug-likeness (QED) is 0.715. The Balaban J connectivity index is 1.68. The summed E-state index contributed by atoms with van der Waals surface area (Å²) in [4.78, 5) is 2.45. The van der Waals surface area contributed by atoms with Gasteiger partial charge in [0.25, 0.3) is 0 Å². The number of hydrogen-bond acceptors (Lipinski definition) is 3. The molecule has 3 nitrogen and oxygen atoms in total. The maximum atomic E-state index is 5.72. The fraction of sp³-hybridized carbons (Fsp3) is 0.846. The van der Waals surface area contributed by atoms with Crippen LogP contribution in [0.4, 0.5) is 0 Å². The summed E-state index contributed by atoms with van der Waals surface area (Å²) in [5.41, 5.74) is 1.30. The van der Waals surface area contributed by atoms with Crippen molar-refractivity contribution >= 4 is 0 Å². The molecule has 1 aliphatic carbocycles. The highest BCUT2D eigenvalue weighted by atomic mass is 16.5. The molecular formula is C13H24N2O. The Morgan fingerprint density at radius 3 is 2.50 bits per heavy atom. The third kappa shape index (κ3) is 3.89. The Labute approximate surface area is 98.8 Å². The average Bonchev–Trinajstić information content (AvgIpc) is 2.96. The second-order valence-corrected chi connectivity index (χ2v) is 5.36. The van der Waals surface area contributed by atoms with Gasteiger partial charge >= 0.3 is 0 Å². The molecule has 0 radical (unpaired) electrons. The van der Waals surface area contributed by atoms with Crippen LogP contribution in [0, 0.1) is 0 Å². The summed E-state index contributed by atoms with van der Waals surface area (Å²) in [5.74, 6) is 0. The van der Waals surface area contributed by atoms with Gasteiger partial charge in [0.2, 0.25) is 0 Å². The van der Waals surface area contributed by atoms with Crippen molar-refractivity contribution in [3.63, 3.8) is 0 Å². The van der Waals surface area contributed by atoms with Crippen molar-refractivity contribution < 1.29 is 4.74 Å². The van der Waals surface area contributed by atoms with Crippen LogP contribution in [-0.4, -0.2) is 49.3 Å². The van der Waals surface area contributed by atoms with Crippen molar-refractivity contribution in [2.24, 2.45) is 0 Å². The molecule has 1 N–H and O–H groups in total. The number of rotatable bonds is 5. The molecule has 2 fully saturated rings. The minimum absolute atomic E-state index is 0.355. The molecule has 16 heavy (non-hydrogen) atoms. The van der Waals surface area contributed by atoms with E-state index in [0.717, 1.165) is 32.2 Å². The van der Waals surface area contributed by atoms with E-state index in [2.05, 4.69) is 30.6 Å². The van der Waals surface area contributed by atoms with E-state index < -0.39 is 0 Å². The highest BCUT2D eigenvalue weighted by Gasteiger charge is 2.23. The van der Waals surface area contributed by atoms with Crippen LogP contribution in [0.3, 0.4) is 0 Å². The minimum Gasteiger partial charge on any atom is -0.373 e. The molecule has 2 unspecified atom stereocenters. The van der Waals surface area contributed by atoms with Gasteiger partial charge < -0.3 is 10.1 Å². The summed E-state index contributed by atoms with van der Waals surface area (Å²) in [5, 5.41) is 3.51. The molecule has 3 heteroatoms. The summed E-state index contributed by atoms with van der Waals surface area (Å²) in [6, 6.07) is 0.777. The molecule has 0 spiro atoms. The predicted molar refractivity (Wildman–Crippen MR) is 66.6 cm³/mol. The first-order valence-electron chi connectivity index (χ1n) is 6.41. The molecule has 1 aliphatic heterocycles. The van der Waals surface area contributed by atoms with Gasteiger partial charge in [0.1, 0.15) is 0 Å². The highest BCUT2D eigenvalue weighted by molar-refractivity contribution is 5.02. The zero-order valence-corrected chi connectivity index (χ0v) is 10.5. The molecule has 92 valence electrons. The third-order valence-corrected chi connectivity index (χ3v) is 3.16. The molecule has 0 aromatic carbocycles. The lowest BCUT2D eigenvalue weighted by molar-refractivity contribution is -0.0653. The summed E-state index contributed by atoms with van der Waals surface area (Å²) in [6.45, 7) is 12.5. The number of morpholine rings is 1. The Hall–Kier alpha value is -0.380. The number of nitrogens with one attached hydrogen (secondary N) is 1. The lowest BCUT2D eigenvalue weighted by atomic mass is 10.2. The monoisotopic (exact) mass is 224 g/mol. The second kappa shape index (κ2) is 5.30. The SMILES string of the molecule is C=C(CNC1CC1)CN1CC(C)OC(C)C1. The summed E-state index contributed by atoms with van der Waals surface area (Å²) in [6.07, 6.45) is 3.40. The predicted octanol–water partition coefficient (Wildman–Crippen LogP) is 1.40. The molecule has 0 bridgehead atoms. The molecule has 1 saturated carbocycles. The van der Waals surface area contributed by atoms with E-state index in [-0.39, 0.29) is 0 Å². The van der Waals surface area contributed by atoms with Crippen molar-refractivity contribution in [3.8, 4) is 0 Å². The Morgan fingerprint density at radius 1 is 1.31 bits per heavy atom. The van der Waals surface area contributed by atoms with Crippen molar-refractivity contribution in [2.45, 2.75) is 44.9 Å². The van der Waals surface area contributed by atoms with Gasteiger partial charge in [-0.1, -0.05) is 6.58 Å². The van der Waals surface area contributed by atoms with Gasteiger partial charge in [-0.05, 0) is 32.3 Å². The van der Waals surface area contributed by atoms with Crippen LogP contribution >= 0.6 is 0 Å². The van der Waals surface area contributed by atoms with Crippen LogP contribution in [0.1, 0.15) is 26.7 Å². The molecule has 1 heterocycles. The van der Waals surface area contributed by atoms with Gasteiger partial charge in [0.05, 0.1) is 12.2 Å². The topological polar surface area (TPSA) is 24.5 Å². The van der Waals surface area contributed by atoms with Crippen LogP contribution in [-0.2, 0) is 4.74 Å². The molecule has 0 aromatic heterocycles. The maximum absolute atomic E-state index is 5.72. The van der Waals surface area contributed by atoms with Crippen LogP contribution in [0.25, 0.3) is 0 Å². The zero-order valence-electron chi connectivity index (χ0n) is 10.5. The van der Waals surface area contributed by atoms with Crippen LogP contribution in [0.15, 0.2) is 12.2 Å². The lowest BCUT2D eigenvalue weighted by Crippen LogP contribution is -2.46. The molecule has 2 aliphatic rings. The normalized spacial score (nSPS) is 31.6. The smallest absolute Gasteiger partial charge is 0.0678 e. The Kier molecular flexibility index (Phi) is 4.00. The summed E-state index contributed by atoms with van der Waals surface area (Å²) in [7, 11) is 0. The zero-order chi connectivity index (χ0) is 11.5. The first-order valence-corrected chi connectivity index (χ1v) is 6.41. The van der Waals surface area contributed by atoms with Crippen LogP contribution in [0.5, 0.6) is 0 Å². The number of hydrogen-bond donors (Lipinski definition) is 1. The molecular weight excluding hydrogens is 200 g/mol. The van der Waals surface area contributed by atoms with Gasteiger partial charge in [-0.3, -0.25) is 4.90 Å². The lowest BCUT2D eigenvalue weighted by Gasteiger charge is -2.35. The largest absolute Gasteiger partial charge is 0.373 e. The van der Waals surface area contributed by atoms with Gasteiger partial charge in [0, 0.05) is 32.2 Å². The molecule has 2 atom stereocenters. The summed E-state index contributed by atoms with van der Waals surface area (Å²) >= 11 is 0. The standard InChI is InChI=1S/C13H24N2O/c1-10(6-14-13-4-5-13)7-15-8-11(2)16-12(3)9-15/h11-14H,1,4-9H2,2-3H3. The van der Waals surface area contributed by atoms with E-state index in [1.807, 2.05) is 0 Å². The second-order valence-electron chi connectivity index (χ2n) is 5.36. The van der Waals surface area contributed by atoms with Crippen LogP contribution in [0.2, 0.25) is 0 Å². The fourth-order valence-corrected chi connectivity index (χ4v) is 2.36. The van der Waals surface area contributed by atoms with Crippen molar-refractivity contribution in [1.29, 1.82) is 0 Å². The Morgan fingerprint density at radius 2 is 1.94 bits per heavy atom. The first-order chi connectivity index (χ1) is 7.63. The highest BCUT2D eigenvalue weighted by Crippen LogP contribution is 2.19. The van der Waals surface area contributed by atoms with Gasteiger partial charge in [-0.25, -0.2) is 0 Å². The first kappa shape index (κ1) is 12.1. The average molecular weight is 224 g/mol. The van der Waals surface area contributed by atoms with Gasteiger partial charge in [-0.15, -0.1) is 0 Å². The third-order valence-electron chi connectivity index (χ3n) is 3.16. The number of ether oxygens (including phenoxy) is 1. The van der Waals surface area contributed by atoms with E-state index in [1.54, 1.807) is 0 Å². The Bertz CT molecular complexity index is 240. The molecule has 1 saturated heterocycles. The van der Waals surface area contributed by atoms with E-state index in [4.69, 9.17) is 4.74 Å². The van der Waals surface area contributed by atoms with E-state index >= 15 is 0 Å². The van der Waals surface area contributed by atoms with Crippen molar-refractivity contribution in [3.05, 3.63) is 12.2 Å². The van der Waals surface area contributed by atoms with Gasteiger partial charge in [0.15, 0.2) is 0 Å². The van der Waals surface area contributed by atoms with E-state index in [0.29, 0.717) is 12.2 Å². The van der Waals surface area contributed by atoms with Crippen LogP contribution < -0.4 is 5.32 Å². The molecule has 0 aromatic rings. The molecule has 2 rings (SSSR count). The molecule has 0 amide bonds. The minimum atomic E-state index is 0.355. The summed E-state index contributed by atoms with van der Waals surface area (Å²) < 4.78 is 5.72. The maximum Gasteiger partial charge on any atom is 0.0678 e. The number of nitrogens with zero attached hydrogens (tertiary/aromatic N) is 1. The van der Waals surface area contributed by atoms with Crippen molar-refractivity contribution in [2.75, 3.05) is 26.2 Å².